The van der Waals surface area contributed by atoms with Crippen LogP contribution in [0.25, 0.3) is 0 Å². The van der Waals surface area contributed by atoms with Crippen LogP contribution in [0, 0.1) is 0 Å². The molecule has 1 aliphatic rings. The Kier molecular flexibility index (Phi) is 3.76. The second-order valence-electron chi connectivity index (χ2n) is 4.30. The van der Waals surface area contributed by atoms with E-state index >= 15 is 0 Å². The third kappa shape index (κ3) is 2.84. The minimum Gasteiger partial charge on any atom is -0.387 e. The Morgan fingerprint density at radius 1 is 1.41 bits per heavy atom. The predicted molar refractivity (Wildman–Crippen MR) is 63.4 cm³/mol. The highest BCUT2D eigenvalue weighted by molar-refractivity contribution is 5.77. The van der Waals surface area contributed by atoms with Gasteiger partial charge in [-0.05, 0) is 12.5 Å². The van der Waals surface area contributed by atoms with Crippen LogP contribution in [0.1, 0.15) is 18.6 Å². The van der Waals surface area contributed by atoms with E-state index in [0.717, 1.165) is 5.56 Å². The SMILES string of the molecule is CC1CN(C(=O)CO)CC(c2ccccc2)O1. The first-order valence-electron chi connectivity index (χ1n) is 5.79. The third-order valence-electron chi connectivity index (χ3n) is 2.92. The molecule has 1 aliphatic heterocycles. The molecule has 92 valence electrons. The van der Waals surface area contributed by atoms with Gasteiger partial charge in [0.1, 0.15) is 12.7 Å². The Morgan fingerprint density at radius 3 is 2.76 bits per heavy atom. The van der Waals surface area contributed by atoms with E-state index in [4.69, 9.17) is 9.84 Å². The van der Waals surface area contributed by atoms with Gasteiger partial charge >= 0.3 is 0 Å². The Bertz CT molecular complexity index is 380. The molecular formula is C13H17NO3. The zero-order valence-corrected chi connectivity index (χ0v) is 9.87. The van der Waals surface area contributed by atoms with Crippen molar-refractivity contribution in [3.05, 3.63) is 35.9 Å². The van der Waals surface area contributed by atoms with Crippen molar-refractivity contribution in [2.24, 2.45) is 0 Å². The summed E-state index contributed by atoms with van der Waals surface area (Å²) in [5.74, 6) is -0.235. The zero-order chi connectivity index (χ0) is 12.3. The van der Waals surface area contributed by atoms with Crippen molar-refractivity contribution in [3.8, 4) is 0 Å². The van der Waals surface area contributed by atoms with E-state index in [9.17, 15) is 4.79 Å². The molecule has 1 heterocycles. The van der Waals surface area contributed by atoms with Crippen LogP contribution in [0.15, 0.2) is 30.3 Å². The van der Waals surface area contributed by atoms with Crippen LogP contribution in [0.4, 0.5) is 0 Å². The number of aliphatic hydroxyl groups is 1. The maximum absolute atomic E-state index is 11.5. The molecule has 2 unspecified atom stereocenters. The van der Waals surface area contributed by atoms with Crippen LogP contribution >= 0.6 is 0 Å². The number of hydrogen-bond acceptors (Lipinski definition) is 3. The fraction of sp³-hybridized carbons (Fsp3) is 0.462. The fourth-order valence-electron chi connectivity index (χ4n) is 2.11. The summed E-state index contributed by atoms with van der Waals surface area (Å²) in [6.45, 7) is 2.55. The average Bonchev–Trinajstić information content (AvgIpc) is 2.38. The number of hydrogen-bond donors (Lipinski definition) is 1. The summed E-state index contributed by atoms with van der Waals surface area (Å²) in [6.07, 6.45) is -0.111. The number of amides is 1. The zero-order valence-electron chi connectivity index (χ0n) is 9.87. The van der Waals surface area contributed by atoms with E-state index in [1.54, 1.807) is 4.90 Å². The van der Waals surface area contributed by atoms with E-state index in [1.165, 1.54) is 0 Å². The number of carbonyl (C=O) groups excluding carboxylic acids is 1. The standard InChI is InChI=1S/C13H17NO3/c1-10-7-14(13(16)9-15)8-12(17-10)11-5-3-2-4-6-11/h2-6,10,12,15H,7-9H2,1H3. The molecule has 0 bridgehead atoms. The highest BCUT2D eigenvalue weighted by Crippen LogP contribution is 2.24. The van der Waals surface area contributed by atoms with Crippen LogP contribution in [0.3, 0.4) is 0 Å². The molecule has 4 nitrogen and oxygen atoms in total. The molecule has 1 aromatic carbocycles. The van der Waals surface area contributed by atoms with E-state index in [1.807, 2.05) is 37.3 Å². The van der Waals surface area contributed by atoms with Crippen molar-refractivity contribution in [3.63, 3.8) is 0 Å². The van der Waals surface area contributed by atoms with Gasteiger partial charge in [0.25, 0.3) is 0 Å². The molecule has 0 saturated carbocycles. The number of rotatable bonds is 2. The molecule has 4 heteroatoms. The number of ether oxygens (including phenoxy) is 1. The van der Waals surface area contributed by atoms with Gasteiger partial charge in [0, 0.05) is 6.54 Å². The molecule has 2 atom stereocenters. The summed E-state index contributed by atoms with van der Waals surface area (Å²) in [6, 6.07) is 9.84. The van der Waals surface area contributed by atoms with Crippen molar-refractivity contribution in [1.82, 2.24) is 4.90 Å². The Balaban J connectivity index is 2.11. The highest BCUT2D eigenvalue weighted by Gasteiger charge is 2.28. The van der Waals surface area contributed by atoms with Gasteiger partial charge in [-0.1, -0.05) is 30.3 Å². The summed E-state index contributed by atoms with van der Waals surface area (Å²) in [5, 5.41) is 8.90. The van der Waals surface area contributed by atoms with Crippen LogP contribution < -0.4 is 0 Å². The lowest BCUT2D eigenvalue weighted by molar-refractivity contribution is -0.147. The third-order valence-corrected chi connectivity index (χ3v) is 2.92. The van der Waals surface area contributed by atoms with Crippen molar-refractivity contribution >= 4 is 5.91 Å². The van der Waals surface area contributed by atoms with Crippen molar-refractivity contribution in [2.45, 2.75) is 19.1 Å². The van der Waals surface area contributed by atoms with Crippen LogP contribution in [-0.4, -0.2) is 41.7 Å². The summed E-state index contributed by atoms with van der Waals surface area (Å²) >= 11 is 0. The summed E-state index contributed by atoms with van der Waals surface area (Å²) in [4.78, 5) is 13.2. The molecule has 1 amide bonds. The number of benzene rings is 1. The Hall–Kier alpha value is -1.39. The quantitative estimate of drug-likeness (QED) is 0.831. The topological polar surface area (TPSA) is 49.8 Å². The van der Waals surface area contributed by atoms with Gasteiger partial charge < -0.3 is 14.7 Å². The average molecular weight is 235 g/mol. The normalized spacial score (nSPS) is 24.7. The Labute approximate surface area is 101 Å². The van der Waals surface area contributed by atoms with E-state index in [0.29, 0.717) is 13.1 Å². The number of carbonyl (C=O) groups is 1. The molecule has 1 fully saturated rings. The van der Waals surface area contributed by atoms with Crippen LogP contribution in [0.2, 0.25) is 0 Å². The van der Waals surface area contributed by atoms with E-state index in [2.05, 4.69) is 0 Å². The van der Waals surface area contributed by atoms with Gasteiger partial charge in [-0.15, -0.1) is 0 Å². The van der Waals surface area contributed by atoms with Crippen LogP contribution in [-0.2, 0) is 9.53 Å². The van der Waals surface area contributed by atoms with Crippen molar-refractivity contribution < 1.29 is 14.6 Å². The monoisotopic (exact) mass is 235 g/mol. The second-order valence-corrected chi connectivity index (χ2v) is 4.30. The summed E-state index contributed by atoms with van der Waals surface area (Å²) in [7, 11) is 0. The number of aliphatic hydroxyl groups excluding tert-OH is 1. The lowest BCUT2D eigenvalue weighted by Gasteiger charge is -2.36. The number of nitrogens with zero attached hydrogens (tertiary/aromatic N) is 1. The first kappa shape index (κ1) is 12.1. The predicted octanol–water partition coefficient (Wildman–Crippen LogP) is 0.967. The minimum atomic E-state index is -0.436. The van der Waals surface area contributed by atoms with Gasteiger partial charge in [0.05, 0.1) is 12.6 Å². The maximum Gasteiger partial charge on any atom is 0.248 e. The highest BCUT2D eigenvalue weighted by atomic mass is 16.5. The summed E-state index contributed by atoms with van der Waals surface area (Å²) < 4.78 is 5.82. The molecule has 0 aromatic heterocycles. The molecule has 0 aliphatic carbocycles. The van der Waals surface area contributed by atoms with Gasteiger partial charge in [0.15, 0.2) is 0 Å². The Morgan fingerprint density at radius 2 is 2.12 bits per heavy atom. The number of morpholine rings is 1. The van der Waals surface area contributed by atoms with Crippen molar-refractivity contribution in [2.75, 3.05) is 19.7 Å². The maximum atomic E-state index is 11.5. The lowest BCUT2D eigenvalue weighted by atomic mass is 10.1. The molecule has 1 aromatic rings. The van der Waals surface area contributed by atoms with Crippen molar-refractivity contribution in [1.29, 1.82) is 0 Å². The van der Waals surface area contributed by atoms with Gasteiger partial charge in [-0.25, -0.2) is 0 Å². The molecule has 1 saturated heterocycles. The summed E-state index contributed by atoms with van der Waals surface area (Å²) in [5.41, 5.74) is 1.06. The lowest BCUT2D eigenvalue weighted by Crippen LogP contribution is -2.46. The molecule has 0 radical (unpaired) electrons. The van der Waals surface area contributed by atoms with Crippen LogP contribution in [0.5, 0.6) is 0 Å². The van der Waals surface area contributed by atoms with E-state index < -0.39 is 6.61 Å². The molecule has 0 spiro atoms. The molecular weight excluding hydrogens is 218 g/mol. The first-order chi connectivity index (χ1) is 8.20. The van der Waals surface area contributed by atoms with Gasteiger partial charge in [-0.2, -0.15) is 0 Å². The largest absolute Gasteiger partial charge is 0.387 e. The molecule has 1 N–H and O–H groups in total. The fourth-order valence-corrected chi connectivity index (χ4v) is 2.11. The minimum absolute atomic E-state index is 0.00976. The first-order valence-corrected chi connectivity index (χ1v) is 5.79. The van der Waals surface area contributed by atoms with Gasteiger partial charge in [0.2, 0.25) is 5.91 Å². The molecule has 17 heavy (non-hydrogen) atoms. The van der Waals surface area contributed by atoms with Gasteiger partial charge in [-0.3, -0.25) is 4.79 Å². The second kappa shape index (κ2) is 5.29. The van der Waals surface area contributed by atoms with E-state index in [-0.39, 0.29) is 18.1 Å². The smallest absolute Gasteiger partial charge is 0.248 e. The molecule has 2 rings (SSSR count).